The summed E-state index contributed by atoms with van der Waals surface area (Å²) in [6.07, 6.45) is 7.93. The van der Waals surface area contributed by atoms with Gasteiger partial charge in [-0.1, -0.05) is 26.3 Å². The Labute approximate surface area is 155 Å². The van der Waals surface area contributed by atoms with Crippen molar-refractivity contribution in [1.29, 1.82) is 0 Å². The lowest BCUT2D eigenvalue weighted by atomic mass is 9.46. The van der Waals surface area contributed by atoms with Crippen LogP contribution < -0.4 is 0 Å². The number of hydrogen-bond donors (Lipinski definition) is 1. The molecule has 0 heterocycles. The summed E-state index contributed by atoms with van der Waals surface area (Å²) >= 11 is 0. The topological polar surface area (TPSA) is 54.4 Å². The highest BCUT2D eigenvalue weighted by molar-refractivity contribution is 5.92. The first kappa shape index (κ1) is 18.3. The van der Waals surface area contributed by atoms with Crippen molar-refractivity contribution >= 4 is 11.6 Å². The van der Waals surface area contributed by atoms with E-state index < -0.39 is 23.5 Å². The van der Waals surface area contributed by atoms with Crippen LogP contribution in [0.3, 0.4) is 0 Å². The lowest BCUT2D eigenvalue weighted by Gasteiger charge is -2.58. The maximum absolute atomic E-state index is 13.3. The normalized spacial score (nSPS) is 50.5. The van der Waals surface area contributed by atoms with Crippen LogP contribution in [0.25, 0.3) is 0 Å². The van der Waals surface area contributed by atoms with Gasteiger partial charge in [-0.25, -0.2) is 4.39 Å². The van der Waals surface area contributed by atoms with E-state index in [2.05, 4.69) is 6.92 Å². The molecule has 4 rings (SSSR count). The standard InChI is InChI=1S/C22H31FO3/c1-13-10-18-16-5-4-14-11-15(24)6-8-20(14,2)17(16)7-9-21(18,3)22(13,26)19(25)12-23/h11,13,16-18,26H,4-10,12H2,1-3H3/t13-,16-,17+,18+,20+,21+,22+/m1/s1. The third-order valence-corrected chi connectivity index (χ3v) is 9.09. The maximum atomic E-state index is 13.3. The number of carbonyl (C=O) groups is 2. The Morgan fingerprint density at radius 1 is 1.23 bits per heavy atom. The van der Waals surface area contributed by atoms with E-state index in [0.717, 1.165) is 38.5 Å². The van der Waals surface area contributed by atoms with Crippen molar-refractivity contribution < 1.29 is 19.1 Å². The van der Waals surface area contributed by atoms with Crippen LogP contribution in [-0.4, -0.2) is 28.9 Å². The van der Waals surface area contributed by atoms with Crippen LogP contribution in [-0.2, 0) is 9.59 Å². The van der Waals surface area contributed by atoms with Gasteiger partial charge in [-0.05, 0) is 73.7 Å². The van der Waals surface area contributed by atoms with E-state index in [4.69, 9.17) is 0 Å². The van der Waals surface area contributed by atoms with Crippen molar-refractivity contribution in [3.8, 4) is 0 Å². The lowest BCUT2D eigenvalue weighted by Crippen LogP contribution is -2.59. The molecule has 4 heteroatoms. The SMILES string of the molecule is C[C@@H]1C[C@H]2[C@@H]3CCC4=CC(=O)CC[C@]4(C)[C@H]3CC[C@]2(C)[C@@]1(O)C(=O)CF. The number of alkyl halides is 1. The molecule has 3 fully saturated rings. The minimum Gasteiger partial charge on any atom is -0.381 e. The fraction of sp³-hybridized carbons (Fsp3) is 0.818. The average molecular weight is 362 g/mol. The summed E-state index contributed by atoms with van der Waals surface area (Å²) in [6, 6.07) is 0. The highest BCUT2D eigenvalue weighted by Gasteiger charge is 2.68. The van der Waals surface area contributed by atoms with Gasteiger partial charge in [0.1, 0.15) is 5.60 Å². The predicted molar refractivity (Wildman–Crippen MR) is 97.2 cm³/mol. The van der Waals surface area contributed by atoms with Gasteiger partial charge in [0.05, 0.1) is 0 Å². The van der Waals surface area contributed by atoms with Crippen LogP contribution >= 0.6 is 0 Å². The number of rotatable bonds is 2. The third-order valence-electron chi connectivity index (χ3n) is 9.09. The van der Waals surface area contributed by atoms with Gasteiger partial charge >= 0.3 is 0 Å². The van der Waals surface area contributed by atoms with Gasteiger partial charge in [0.2, 0.25) is 0 Å². The molecule has 0 aromatic heterocycles. The quantitative estimate of drug-likeness (QED) is 0.807. The van der Waals surface area contributed by atoms with Crippen LogP contribution in [0.5, 0.6) is 0 Å². The molecule has 0 bridgehead atoms. The second kappa shape index (κ2) is 5.73. The number of ketones is 2. The van der Waals surface area contributed by atoms with Crippen molar-refractivity contribution in [2.45, 2.75) is 71.3 Å². The summed E-state index contributed by atoms with van der Waals surface area (Å²) in [5.41, 5.74) is -0.665. The summed E-state index contributed by atoms with van der Waals surface area (Å²) in [6.45, 7) is 5.19. The van der Waals surface area contributed by atoms with Gasteiger partial charge in [-0.2, -0.15) is 0 Å². The molecule has 0 radical (unpaired) electrons. The molecule has 0 spiro atoms. The molecule has 0 aromatic rings. The summed E-state index contributed by atoms with van der Waals surface area (Å²) in [4.78, 5) is 24.3. The Kier molecular flexibility index (Phi) is 4.04. The van der Waals surface area contributed by atoms with Gasteiger partial charge in [0.25, 0.3) is 0 Å². The van der Waals surface area contributed by atoms with E-state index >= 15 is 0 Å². The van der Waals surface area contributed by atoms with Crippen molar-refractivity contribution in [2.24, 2.45) is 34.5 Å². The monoisotopic (exact) mass is 362 g/mol. The maximum Gasteiger partial charge on any atom is 0.196 e. The zero-order chi connectivity index (χ0) is 18.9. The summed E-state index contributed by atoms with van der Waals surface area (Å²) in [5.74, 6) is 0.648. The van der Waals surface area contributed by atoms with Crippen LogP contribution in [0.4, 0.5) is 4.39 Å². The number of carbonyl (C=O) groups excluding carboxylic acids is 2. The molecule has 0 saturated heterocycles. The first-order valence-electron chi connectivity index (χ1n) is 10.2. The zero-order valence-corrected chi connectivity index (χ0v) is 16.2. The van der Waals surface area contributed by atoms with Crippen molar-refractivity contribution in [3.63, 3.8) is 0 Å². The Balaban J connectivity index is 1.71. The van der Waals surface area contributed by atoms with E-state index in [0.29, 0.717) is 18.3 Å². The third kappa shape index (κ3) is 2.08. The molecule has 4 aliphatic carbocycles. The van der Waals surface area contributed by atoms with Gasteiger partial charge in [-0.3, -0.25) is 9.59 Å². The minimum absolute atomic E-state index is 0.0756. The van der Waals surface area contributed by atoms with Crippen molar-refractivity contribution in [2.75, 3.05) is 6.67 Å². The molecular weight excluding hydrogens is 331 g/mol. The molecule has 7 atom stereocenters. The van der Waals surface area contributed by atoms with Gasteiger partial charge in [0, 0.05) is 11.8 Å². The van der Waals surface area contributed by atoms with Crippen molar-refractivity contribution in [1.82, 2.24) is 0 Å². The number of halogens is 1. The Morgan fingerprint density at radius 3 is 2.65 bits per heavy atom. The summed E-state index contributed by atoms with van der Waals surface area (Å²) in [7, 11) is 0. The van der Waals surface area contributed by atoms with Gasteiger partial charge in [0.15, 0.2) is 18.2 Å². The molecular formula is C22H31FO3. The second-order valence-corrected chi connectivity index (χ2v) is 9.88. The molecule has 26 heavy (non-hydrogen) atoms. The average Bonchev–Trinajstić information content (AvgIpc) is 2.83. The summed E-state index contributed by atoms with van der Waals surface area (Å²) in [5, 5.41) is 11.4. The van der Waals surface area contributed by atoms with E-state index in [-0.39, 0.29) is 23.0 Å². The minimum atomic E-state index is -1.53. The fourth-order valence-electron chi connectivity index (χ4n) is 7.60. The molecule has 0 amide bonds. The Hall–Kier alpha value is -1.03. The first-order chi connectivity index (χ1) is 12.2. The first-order valence-corrected chi connectivity index (χ1v) is 10.2. The fourth-order valence-corrected chi connectivity index (χ4v) is 7.60. The highest BCUT2D eigenvalue weighted by atomic mass is 19.1. The van der Waals surface area contributed by atoms with Gasteiger partial charge < -0.3 is 5.11 Å². The molecule has 144 valence electrons. The smallest absolute Gasteiger partial charge is 0.196 e. The molecule has 0 unspecified atom stereocenters. The molecule has 4 aliphatic rings. The Bertz CT molecular complexity index is 685. The molecule has 0 aliphatic heterocycles. The number of hydrogen-bond acceptors (Lipinski definition) is 3. The van der Waals surface area contributed by atoms with Gasteiger partial charge in [-0.15, -0.1) is 0 Å². The van der Waals surface area contributed by atoms with E-state index in [9.17, 15) is 19.1 Å². The lowest BCUT2D eigenvalue weighted by molar-refractivity contribution is -0.168. The zero-order valence-electron chi connectivity index (χ0n) is 16.2. The molecule has 3 saturated carbocycles. The number of fused-ring (bicyclic) bond motifs is 5. The molecule has 0 aromatic carbocycles. The predicted octanol–water partition coefficient (Wildman–Crippen LogP) is 4.03. The largest absolute Gasteiger partial charge is 0.381 e. The van der Waals surface area contributed by atoms with Crippen molar-refractivity contribution in [3.05, 3.63) is 11.6 Å². The van der Waals surface area contributed by atoms with Crippen LogP contribution in [0.15, 0.2) is 11.6 Å². The second-order valence-electron chi connectivity index (χ2n) is 9.88. The number of aliphatic hydroxyl groups is 1. The molecule has 1 N–H and O–H groups in total. The van der Waals surface area contributed by atoms with E-state index in [1.807, 2.05) is 19.9 Å². The molecule has 3 nitrogen and oxygen atoms in total. The van der Waals surface area contributed by atoms with E-state index in [1.54, 1.807) is 0 Å². The number of Topliss-reactive ketones (excluding diaryl/α,β-unsaturated/α-hetero) is 1. The van der Waals surface area contributed by atoms with Crippen LogP contribution in [0, 0.1) is 34.5 Å². The Morgan fingerprint density at radius 2 is 1.96 bits per heavy atom. The van der Waals surface area contributed by atoms with E-state index in [1.165, 1.54) is 5.57 Å². The van der Waals surface area contributed by atoms with Crippen LogP contribution in [0.1, 0.15) is 65.7 Å². The number of allylic oxidation sites excluding steroid dienone is 1. The highest BCUT2D eigenvalue weighted by Crippen LogP contribution is 2.68. The van der Waals surface area contributed by atoms with Crippen LogP contribution in [0.2, 0.25) is 0 Å². The summed E-state index contributed by atoms with van der Waals surface area (Å²) < 4.78 is 13.3.